The van der Waals surface area contributed by atoms with Crippen LogP contribution < -0.4 is 0 Å². The van der Waals surface area contributed by atoms with Gasteiger partial charge in [-0.25, -0.2) is 0 Å². The first-order valence-corrected chi connectivity index (χ1v) is 11.7. The molecule has 0 spiro atoms. The van der Waals surface area contributed by atoms with E-state index in [0.717, 1.165) is 29.5 Å². The number of aryl methyl sites for hydroxylation is 1. The summed E-state index contributed by atoms with van der Waals surface area (Å²) in [6.45, 7) is 4.94. The summed E-state index contributed by atoms with van der Waals surface area (Å²) in [4.78, 5) is 6.75. The first-order valence-electron chi connectivity index (χ1n) is 10.7. The third kappa shape index (κ3) is 5.08. The fraction of sp³-hybridized carbons (Fsp3) is 0.333. The average Bonchev–Trinajstić information content (AvgIpc) is 3.42. The normalized spacial score (nSPS) is 12.4. The topological polar surface area (TPSA) is 72.9 Å². The summed E-state index contributed by atoms with van der Waals surface area (Å²) in [5.41, 5.74) is 3.33. The highest BCUT2D eigenvalue weighted by Crippen LogP contribution is 2.28. The second kappa shape index (κ2) is 10.1. The van der Waals surface area contributed by atoms with Crippen molar-refractivity contribution < 1.29 is 4.52 Å². The van der Waals surface area contributed by atoms with Crippen LogP contribution in [0, 0.1) is 6.92 Å². The smallest absolute Gasteiger partial charge is 0.257 e. The van der Waals surface area contributed by atoms with E-state index in [1.165, 1.54) is 11.1 Å². The molecule has 0 fully saturated rings. The van der Waals surface area contributed by atoms with Gasteiger partial charge in [0.05, 0.1) is 18.3 Å². The molecule has 2 aromatic heterocycles. The van der Waals surface area contributed by atoms with Gasteiger partial charge in [0.15, 0.2) is 16.8 Å². The monoisotopic (exact) mass is 448 g/mol. The third-order valence-electron chi connectivity index (χ3n) is 5.33. The van der Waals surface area contributed by atoms with Crippen LogP contribution in [0.15, 0.2) is 64.3 Å². The van der Waals surface area contributed by atoms with E-state index in [1.54, 1.807) is 11.8 Å². The van der Waals surface area contributed by atoms with Gasteiger partial charge >= 0.3 is 0 Å². The number of benzene rings is 2. The van der Waals surface area contributed by atoms with Crippen LogP contribution in [0.2, 0.25) is 0 Å². The highest BCUT2D eigenvalue weighted by Gasteiger charge is 2.22. The van der Waals surface area contributed by atoms with Crippen LogP contribution in [0.25, 0.3) is 11.5 Å². The highest BCUT2D eigenvalue weighted by atomic mass is 32.2. The Hall–Kier alpha value is -2.97. The van der Waals surface area contributed by atoms with Gasteiger partial charge in [0.1, 0.15) is 0 Å². The van der Waals surface area contributed by atoms with Gasteiger partial charge in [-0.05, 0) is 45.1 Å². The summed E-state index contributed by atoms with van der Waals surface area (Å²) in [7, 11) is 4.16. The molecule has 0 saturated carbocycles. The van der Waals surface area contributed by atoms with Gasteiger partial charge in [-0.3, -0.25) is 4.90 Å². The molecule has 0 saturated heterocycles. The minimum absolute atomic E-state index is 0.193. The van der Waals surface area contributed by atoms with E-state index in [0.29, 0.717) is 17.5 Å². The van der Waals surface area contributed by atoms with E-state index in [-0.39, 0.29) is 6.04 Å². The van der Waals surface area contributed by atoms with Gasteiger partial charge in [-0.2, -0.15) is 4.98 Å². The van der Waals surface area contributed by atoms with Gasteiger partial charge in [0.2, 0.25) is 0 Å². The Bertz CT molecular complexity index is 1140. The van der Waals surface area contributed by atoms with Crippen molar-refractivity contribution in [3.63, 3.8) is 0 Å². The predicted octanol–water partition coefficient (Wildman–Crippen LogP) is 4.99. The van der Waals surface area contributed by atoms with Crippen LogP contribution in [-0.4, -0.2) is 43.9 Å². The molecule has 7 nitrogen and oxygen atoms in total. The summed E-state index contributed by atoms with van der Waals surface area (Å²) in [5.74, 6) is 2.70. The molecule has 0 aliphatic rings. The number of hydrogen-bond acceptors (Lipinski definition) is 7. The maximum absolute atomic E-state index is 5.47. The van der Waals surface area contributed by atoms with Crippen LogP contribution in [0.1, 0.15) is 42.2 Å². The summed E-state index contributed by atoms with van der Waals surface area (Å²) in [6, 6.07) is 18.7. The molecule has 0 aliphatic carbocycles. The maximum atomic E-state index is 5.47. The Balaban J connectivity index is 1.55. The van der Waals surface area contributed by atoms with Gasteiger partial charge in [0.25, 0.3) is 5.89 Å². The maximum Gasteiger partial charge on any atom is 0.257 e. The van der Waals surface area contributed by atoms with Crippen LogP contribution in [0.5, 0.6) is 0 Å². The molecule has 166 valence electrons. The Morgan fingerprint density at radius 1 is 1.03 bits per heavy atom. The molecule has 1 unspecified atom stereocenters. The number of rotatable bonds is 9. The summed E-state index contributed by atoms with van der Waals surface area (Å²) >= 11 is 1.58. The molecule has 8 heteroatoms. The second-order valence-electron chi connectivity index (χ2n) is 7.97. The first-order chi connectivity index (χ1) is 15.5. The molecule has 0 N–H and O–H groups in total. The lowest BCUT2D eigenvalue weighted by molar-refractivity contribution is 0.272. The minimum Gasteiger partial charge on any atom is -0.334 e. The minimum atomic E-state index is 0.193. The summed E-state index contributed by atoms with van der Waals surface area (Å²) in [5, 5.41) is 14.1. The average molecular weight is 449 g/mol. The number of aromatic nitrogens is 5. The quantitative estimate of drug-likeness (QED) is 0.334. The molecule has 2 aromatic carbocycles. The molecule has 1 atom stereocenters. The summed E-state index contributed by atoms with van der Waals surface area (Å²) < 4.78 is 7.68. The molecule has 4 aromatic rings. The number of nitrogens with zero attached hydrogens (tertiary/aromatic N) is 6. The number of thioether (sulfide) groups is 1. The van der Waals surface area contributed by atoms with Crippen molar-refractivity contribution in [2.45, 2.75) is 43.8 Å². The second-order valence-corrected chi connectivity index (χ2v) is 8.91. The largest absolute Gasteiger partial charge is 0.334 e. The van der Waals surface area contributed by atoms with Crippen LogP contribution in [0.3, 0.4) is 0 Å². The molecule has 0 bridgehead atoms. The fourth-order valence-electron chi connectivity index (χ4n) is 3.60. The van der Waals surface area contributed by atoms with Crippen LogP contribution in [-0.2, 0) is 12.3 Å². The van der Waals surface area contributed by atoms with E-state index < -0.39 is 0 Å². The molecular formula is C24H28N6OS. The molecule has 32 heavy (non-hydrogen) atoms. The first kappa shape index (κ1) is 22.2. The standard InChI is InChI=1S/C24H28N6OS/c1-5-20(29(3)4)22-26-27-24(30(22)15-18-9-7-6-8-10-18)32-16-21-25-23(31-28-21)19-13-11-17(2)12-14-19/h6-14,20H,5,15-16H2,1-4H3. The zero-order valence-corrected chi connectivity index (χ0v) is 19.7. The van der Waals surface area contributed by atoms with Crippen molar-refractivity contribution in [2.75, 3.05) is 14.1 Å². The Morgan fingerprint density at radius 2 is 1.78 bits per heavy atom. The third-order valence-corrected chi connectivity index (χ3v) is 6.30. The van der Waals surface area contributed by atoms with Crippen molar-refractivity contribution in [1.82, 2.24) is 29.8 Å². The van der Waals surface area contributed by atoms with Gasteiger partial charge in [-0.1, -0.05) is 71.9 Å². The lowest BCUT2D eigenvalue weighted by atomic mass is 10.1. The van der Waals surface area contributed by atoms with Gasteiger partial charge < -0.3 is 9.09 Å². The zero-order valence-electron chi connectivity index (χ0n) is 18.9. The van der Waals surface area contributed by atoms with Gasteiger partial charge in [-0.15, -0.1) is 10.2 Å². The van der Waals surface area contributed by atoms with E-state index >= 15 is 0 Å². The van der Waals surface area contributed by atoms with Crippen LogP contribution in [0.4, 0.5) is 0 Å². The number of hydrogen-bond donors (Lipinski definition) is 0. The van der Waals surface area contributed by atoms with E-state index in [2.05, 4.69) is 82.0 Å². The van der Waals surface area contributed by atoms with Gasteiger partial charge in [0, 0.05) is 5.56 Å². The lowest BCUT2D eigenvalue weighted by Gasteiger charge is -2.23. The van der Waals surface area contributed by atoms with Crippen molar-refractivity contribution in [1.29, 1.82) is 0 Å². The van der Waals surface area contributed by atoms with Crippen molar-refractivity contribution in [2.24, 2.45) is 0 Å². The van der Waals surface area contributed by atoms with Crippen molar-refractivity contribution in [3.05, 3.63) is 77.4 Å². The van der Waals surface area contributed by atoms with E-state index in [1.807, 2.05) is 30.3 Å². The Labute approximate surface area is 192 Å². The molecule has 4 rings (SSSR count). The highest BCUT2D eigenvalue weighted by molar-refractivity contribution is 7.98. The SMILES string of the molecule is CCC(c1nnc(SCc2noc(-c3ccc(C)cc3)n2)n1Cc1ccccc1)N(C)C. The molecule has 2 heterocycles. The fourth-order valence-corrected chi connectivity index (χ4v) is 4.39. The molecular weight excluding hydrogens is 420 g/mol. The van der Waals surface area contributed by atoms with Crippen LogP contribution >= 0.6 is 11.8 Å². The summed E-state index contributed by atoms with van der Waals surface area (Å²) in [6.07, 6.45) is 0.954. The van der Waals surface area contributed by atoms with Crippen molar-refractivity contribution in [3.8, 4) is 11.5 Å². The predicted molar refractivity (Wildman–Crippen MR) is 126 cm³/mol. The molecule has 0 aliphatic heterocycles. The van der Waals surface area contributed by atoms with E-state index in [4.69, 9.17) is 4.52 Å². The van der Waals surface area contributed by atoms with Crippen molar-refractivity contribution >= 4 is 11.8 Å². The lowest BCUT2D eigenvalue weighted by Crippen LogP contribution is -2.23. The Morgan fingerprint density at radius 3 is 2.47 bits per heavy atom. The molecule has 0 radical (unpaired) electrons. The zero-order chi connectivity index (χ0) is 22.5. The Kier molecular flexibility index (Phi) is 7.02. The molecule has 0 amide bonds. The van der Waals surface area contributed by atoms with E-state index in [9.17, 15) is 0 Å².